The van der Waals surface area contributed by atoms with Gasteiger partial charge in [0, 0.05) is 22.0 Å². The fraction of sp³-hybridized carbons (Fsp3) is 0.0625. The highest BCUT2D eigenvalue weighted by atomic mass is 15.0. The number of allylic oxidation sites excluding steroid dienone is 4. The van der Waals surface area contributed by atoms with Crippen molar-refractivity contribution < 1.29 is 0 Å². The van der Waals surface area contributed by atoms with Crippen molar-refractivity contribution in [2.75, 3.05) is 0 Å². The van der Waals surface area contributed by atoms with E-state index < -0.39 is 0 Å². The van der Waals surface area contributed by atoms with Crippen molar-refractivity contribution in [3.8, 4) is 39.2 Å². The van der Waals surface area contributed by atoms with E-state index in [2.05, 4.69) is 181 Å². The smallest absolute Gasteiger partial charge is 0.0711 e. The Balaban J connectivity index is 1.16. The van der Waals surface area contributed by atoms with Gasteiger partial charge in [-0.25, -0.2) is 0 Å². The summed E-state index contributed by atoms with van der Waals surface area (Å²) in [6, 6.07) is 57.6. The van der Waals surface area contributed by atoms with E-state index in [1.165, 1.54) is 72.0 Å². The van der Waals surface area contributed by atoms with Gasteiger partial charge < -0.3 is 4.57 Å². The lowest BCUT2D eigenvalue weighted by molar-refractivity contribution is 0.944. The van der Waals surface area contributed by atoms with Crippen molar-refractivity contribution in [1.29, 1.82) is 0 Å². The summed E-state index contributed by atoms with van der Waals surface area (Å²) in [5.74, 6) is 0.0304. The van der Waals surface area contributed by atoms with Crippen LogP contribution in [0.2, 0.25) is 0 Å². The van der Waals surface area contributed by atoms with Gasteiger partial charge in [-0.1, -0.05) is 133 Å². The second-order valence-electron chi connectivity index (χ2n) is 13.4. The SMILES string of the molecule is C1=CCCC(c2cc(-c3ccccc3)nc(C3c4ccccc4-c4ccc(-c5ccc6c7ccccc7n(-c7ccccc7)c6c5)cc43)c2)=C1. The molecule has 236 valence electrons. The van der Waals surface area contributed by atoms with Gasteiger partial charge in [-0.05, 0) is 99.8 Å². The van der Waals surface area contributed by atoms with Crippen molar-refractivity contribution in [3.63, 3.8) is 0 Å². The quantitative estimate of drug-likeness (QED) is 0.183. The van der Waals surface area contributed by atoms with E-state index in [1.54, 1.807) is 0 Å². The van der Waals surface area contributed by atoms with E-state index in [1.807, 2.05) is 0 Å². The van der Waals surface area contributed by atoms with Crippen LogP contribution in [0.5, 0.6) is 0 Å². The summed E-state index contributed by atoms with van der Waals surface area (Å²) >= 11 is 0. The molecular weight excluding hydrogens is 605 g/mol. The van der Waals surface area contributed by atoms with Crippen LogP contribution in [0.4, 0.5) is 0 Å². The minimum absolute atomic E-state index is 0.0304. The topological polar surface area (TPSA) is 17.8 Å². The van der Waals surface area contributed by atoms with Crippen LogP contribution in [0, 0.1) is 0 Å². The molecule has 10 rings (SSSR count). The minimum Gasteiger partial charge on any atom is -0.309 e. The van der Waals surface area contributed by atoms with E-state index in [4.69, 9.17) is 4.98 Å². The Morgan fingerprint density at radius 3 is 2.10 bits per heavy atom. The Labute approximate surface area is 292 Å². The maximum absolute atomic E-state index is 5.44. The number of rotatable bonds is 5. The summed E-state index contributed by atoms with van der Waals surface area (Å²) < 4.78 is 2.40. The number of benzene rings is 6. The zero-order valence-electron chi connectivity index (χ0n) is 27.6. The molecule has 2 heteroatoms. The number of nitrogens with zero attached hydrogens (tertiary/aromatic N) is 2. The molecule has 0 radical (unpaired) electrons. The number of fused-ring (bicyclic) bond motifs is 6. The molecule has 1 atom stereocenters. The first-order valence-corrected chi connectivity index (χ1v) is 17.6. The monoisotopic (exact) mass is 638 g/mol. The number of hydrogen-bond donors (Lipinski definition) is 0. The second-order valence-corrected chi connectivity index (χ2v) is 13.4. The second kappa shape index (κ2) is 11.7. The highest BCUT2D eigenvalue weighted by molar-refractivity contribution is 6.10. The summed E-state index contributed by atoms with van der Waals surface area (Å²) in [5, 5.41) is 2.53. The van der Waals surface area contributed by atoms with E-state index in [9.17, 15) is 0 Å². The van der Waals surface area contributed by atoms with E-state index in [-0.39, 0.29) is 5.92 Å². The lowest BCUT2D eigenvalue weighted by Gasteiger charge is -2.19. The van der Waals surface area contributed by atoms with Gasteiger partial charge in [0.05, 0.1) is 28.3 Å². The van der Waals surface area contributed by atoms with Crippen molar-refractivity contribution in [3.05, 3.63) is 198 Å². The van der Waals surface area contributed by atoms with Gasteiger partial charge in [-0.2, -0.15) is 0 Å². The summed E-state index contributed by atoms with van der Waals surface area (Å²) in [6.07, 6.45) is 8.83. The van der Waals surface area contributed by atoms with Gasteiger partial charge in [0.25, 0.3) is 0 Å². The fourth-order valence-electron chi connectivity index (χ4n) is 8.20. The Hall–Kier alpha value is -6.25. The Morgan fingerprint density at radius 2 is 1.24 bits per heavy atom. The molecule has 0 amide bonds. The van der Waals surface area contributed by atoms with Crippen LogP contribution in [-0.2, 0) is 0 Å². The van der Waals surface area contributed by atoms with Crippen molar-refractivity contribution in [2.45, 2.75) is 18.8 Å². The van der Waals surface area contributed by atoms with E-state index >= 15 is 0 Å². The molecule has 0 N–H and O–H groups in total. The summed E-state index contributed by atoms with van der Waals surface area (Å²) in [7, 11) is 0. The van der Waals surface area contributed by atoms with Gasteiger partial charge in [-0.15, -0.1) is 0 Å². The summed E-state index contributed by atoms with van der Waals surface area (Å²) in [6.45, 7) is 0. The first-order chi connectivity index (χ1) is 24.8. The molecule has 2 heterocycles. The maximum atomic E-state index is 5.44. The standard InChI is InChI=1S/C48H34N2/c1-4-14-32(15-5-1)36-29-44(33-16-6-2-7-17-33)49-45(30-36)48-42-22-11-10-20-38(42)39-26-24-34(28-43(39)48)35-25-27-41-40-21-12-13-23-46(40)50(47(41)31-35)37-18-8-3-9-19-37/h1-4,6-14,16-31,48H,5,15H2. The normalized spacial score (nSPS) is 14.9. The third-order valence-corrected chi connectivity index (χ3v) is 10.5. The first-order valence-electron chi connectivity index (χ1n) is 17.6. The lowest BCUT2D eigenvalue weighted by Crippen LogP contribution is -2.05. The van der Waals surface area contributed by atoms with Crippen molar-refractivity contribution in [2.24, 2.45) is 0 Å². The molecule has 8 aromatic rings. The predicted molar refractivity (Wildman–Crippen MR) is 209 cm³/mol. The van der Waals surface area contributed by atoms with Crippen molar-refractivity contribution in [1.82, 2.24) is 9.55 Å². The molecule has 0 saturated heterocycles. The van der Waals surface area contributed by atoms with Gasteiger partial charge >= 0.3 is 0 Å². The molecule has 0 aliphatic heterocycles. The molecule has 2 nitrogen and oxygen atoms in total. The third-order valence-electron chi connectivity index (χ3n) is 10.5. The molecule has 6 aromatic carbocycles. The molecule has 1 unspecified atom stereocenters. The Morgan fingerprint density at radius 1 is 0.520 bits per heavy atom. The van der Waals surface area contributed by atoms with Gasteiger partial charge in [0.15, 0.2) is 0 Å². The fourth-order valence-corrected chi connectivity index (χ4v) is 8.20. The zero-order valence-corrected chi connectivity index (χ0v) is 27.6. The summed E-state index contributed by atoms with van der Waals surface area (Å²) in [4.78, 5) is 5.44. The molecule has 0 saturated carbocycles. The van der Waals surface area contributed by atoms with Crippen LogP contribution in [0.3, 0.4) is 0 Å². The zero-order chi connectivity index (χ0) is 33.0. The lowest BCUT2D eigenvalue weighted by atomic mass is 9.88. The molecule has 0 fully saturated rings. The van der Waals surface area contributed by atoms with E-state index in [0.717, 1.165) is 29.8 Å². The van der Waals surface area contributed by atoms with Gasteiger partial charge in [0.1, 0.15) is 0 Å². The molecule has 2 aliphatic rings. The first kappa shape index (κ1) is 28.7. The molecule has 2 aromatic heterocycles. The number of pyridine rings is 1. The maximum Gasteiger partial charge on any atom is 0.0711 e. The molecule has 0 spiro atoms. The molecule has 0 bridgehead atoms. The minimum atomic E-state index is 0.0304. The summed E-state index contributed by atoms with van der Waals surface area (Å²) in [5.41, 5.74) is 17.2. The van der Waals surface area contributed by atoms with Crippen LogP contribution in [0.15, 0.2) is 176 Å². The average Bonchev–Trinajstić information content (AvgIpc) is 3.71. The van der Waals surface area contributed by atoms with E-state index in [0.29, 0.717) is 0 Å². The highest BCUT2D eigenvalue weighted by Crippen LogP contribution is 2.49. The van der Waals surface area contributed by atoms with Gasteiger partial charge in [0.2, 0.25) is 0 Å². The van der Waals surface area contributed by atoms with Crippen LogP contribution < -0.4 is 0 Å². The van der Waals surface area contributed by atoms with Crippen LogP contribution in [0.25, 0.3) is 66.6 Å². The number of aromatic nitrogens is 2. The van der Waals surface area contributed by atoms with Crippen LogP contribution >= 0.6 is 0 Å². The highest BCUT2D eigenvalue weighted by Gasteiger charge is 2.32. The molecule has 2 aliphatic carbocycles. The van der Waals surface area contributed by atoms with Crippen LogP contribution in [0.1, 0.15) is 41.1 Å². The van der Waals surface area contributed by atoms with Crippen molar-refractivity contribution >= 4 is 27.4 Å². The Kier molecular flexibility index (Phi) is 6.73. The predicted octanol–water partition coefficient (Wildman–Crippen LogP) is 12.4. The van der Waals surface area contributed by atoms with Gasteiger partial charge in [-0.3, -0.25) is 4.98 Å². The molecular formula is C48H34N2. The largest absolute Gasteiger partial charge is 0.309 e. The average molecular weight is 639 g/mol. The number of para-hydroxylation sites is 2. The number of hydrogen-bond acceptors (Lipinski definition) is 1. The Bertz CT molecular complexity index is 2640. The van der Waals surface area contributed by atoms with Crippen LogP contribution in [-0.4, -0.2) is 9.55 Å². The molecule has 50 heavy (non-hydrogen) atoms. The third kappa shape index (κ3) is 4.68.